The van der Waals surface area contributed by atoms with E-state index in [-0.39, 0.29) is 35.1 Å². The Balaban J connectivity index is 2.46. The Labute approximate surface area is 132 Å². The van der Waals surface area contributed by atoms with Gasteiger partial charge in [0.15, 0.2) is 5.78 Å². The van der Waals surface area contributed by atoms with E-state index in [0.29, 0.717) is 12.8 Å². The third-order valence-electron chi connectivity index (χ3n) is 3.29. The number of carbonyl (C=O) groups is 2. The lowest BCUT2D eigenvalue weighted by Gasteiger charge is -2.07. The number of Topliss-reactive ketones (excluding diaryl/α,β-unsaturated/α-hetero) is 1. The van der Waals surface area contributed by atoms with Gasteiger partial charge in [0, 0.05) is 18.9 Å². The van der Waals surface area contributed by atoms with Gasteiger partial charge >= 0.3 is 11.6 Å². The third kappa shape index (κ3) is 3.59. The zero-order valence-corrected chi connectivity index (χ0v) is 13.0. The average Bonchev–Trinajstić information content (AvgIpc) is 2.47. The van der Waals surface area contributed by atoms with Crippen molar-refractivity contribution >= 4 is 22.7 Å². The molecule has 0 amide bonds. The molecule has 2 aromatic rings. The molecular weight excluding hydrogens is 300 g/mol. The lowest BCUT2D eigenvalue weighted by molar-refractivity contribution is -0.134. The van der Waals surface area contributed by atoms with Crippen molar-refractivity contribution in [2.45, 2.75) is 39.5 Å². The van der Waals surface area contributed by atoms with Gasteiger partial charge in [0.1, 0.15) is 22.6 Å². The summed E-state index contributed by atoms with van der Waals surface area (Å²) in [5, 5.41) is 10.4. The number of aromatic hydroxyl groups is 1. The van der Waals surface area contributed by atoms with E-state index in [2.05, 4.69) is 0 Å². The molecule has 0 aliphatic carbocycles. The van der Waals surface area contributed by atoms with Crippen LogP contribution in [0.15, 0.2) is 27.4 Å². The summed E-state index contributed by atoms with van der Waals surface area (Å²) in [6.45, 7) is 3.65. The number of benzene rings is 1. The lowest BCUT2D eigenvalue weighted by Crippen LogP contribution is -2.14. The zero-order valence-electron chi connectivity index (χ0n) is 13.0. The van der Waals surface area contributed by atoms with E-state index in [1.165, 1.54) is 18.2 Å². The predicted octanol–water partition coefficient (Wildman–Crippen LogP) is 3.19. The number of esters is 1. The largest absolute Gasteiger partial charge is 0.506 e. The van der Waals surface area contributed by atoms with Crippen LogP contribution < -0.4 is 10.4 Å². The minimum atomic E-state index is -0.898. The van der Waals surface area contributed by atoms with Gasteiger partial charge in [0.05, 0.1) is 5.39 Å². The molecule has 0 aliphatic rings. The fourth-order valence-electron chi connectivity index (χ4n) is 2.21. The Morgan fingerprint density at radius 3 is 2.52 bits per heavy atom. The molecule has 1 heterocycles. The van der Waals surface area contributed by atoms with Gasteiger partial charge in [0.25, 0.3) is 0 Å². The predicted molar refractivity (Wildman–Crippen MR) is 83.9 cm³/mol. The van der Waals surface area contributed by atoms with E-state index in [9.17, 15) is 19.5 Å². The van der Waals surface area contributed by atoms with Gasteiger partial charge < -0.3 is 14.3 Å². The molecule has 2 rings (SSSR count). The van der Waals surface area contributed by atoms with Gasteiger partial charge in [-0.3, -0.25) is 9.59 Å². The van der Waals surface area contributed by atoms with Crippen molar-refractivity contribution in [2.24, 2.45) is 0 Å². The van der Waals surface area contributed by atoms with Gasteiger partial charge in [-0.25, -0.2) is 4.79 Å². The van der Waals surface area contributed by atoms with Gasteiger partial charge in [-0.2, -0.15) is 0 Å². The van der Waals surface area contributed by atoms with Gasteiger partial charge in [-0.1, -0.05) is 13.8 Å². The summed E-state index contributed by atoms with van der Waals surface area (Å²) < 4.78 is 10.2. The van der Waals surface area contributed by atoms with Crippen LogP contribution in [0.4, 0.5) is 0 Å². The first-order valence-electron chi connectivity index (χ1n) is 7.51. The van der Waals surface area contributed by atoms with E-state index in [1.54, 1.807) is 6.92 Å². The topological polar surface area (TPSA) is 93.8 Å². The molecule has 0 bridgehead atoms. The fourth-order valence-corrected chi connectivity index (χ4v) is 2.21. The van der Waals surface area contributed by atoms with Crippen LogP contribution in [0, 0.1) is 0 Å². The highest BCUT2D eigenvalue weighted by molar-refractivity contribution is 6.02. The third-order valence-corrected chi connectivity index (χ3v) is 3.29. The summed E-state index contributed by atoms with van der Waals surface area (Å²) in [4.78, 5) is 35.4. The van der Waals surface area contributed by atoms with Crippen molar-refractivity contribution in [1.29, 1.82) is 0 Å². The summed E-state index contributed by atoms with van der Waals surface area (Å²) >= 11 is 0. The Morgan fingerprint density at radius 1 is 1.17 bits per heavy atom. The van der Waals surface area contributed by atoms with Crippen molar-refractivity contribution in [2.75, 3.05) is 0 Å². The van der Waals surface area contributed by atoms with Gasteiger partial charge in [-0.15, -0.1) is 0 Å². The Kier molecular flexibility index (Phi) is 5.16. The van der Waals surface area contributed by atoms with E-state index < -0.39 is 23.1 Å². The summed E-state index contributed by atoms with van der Waals surface area (Å²) in [5.74, 6) is -1.04. The van der Waals surface area contributed by atoms with Crippen LogP contribution in [0.5, 0.6) is 11.5 Å². The zero-order chi connectivity index (χ0) is 17.0. The molecule has 1 aromatic carbocycles. The second-order valence-corrected chi connectivity index (χ2v) is 5.17. The minimum absolute atomic E-state index is 0.0577. The van der Waals surface area contributed by atoms with Gasteiger partial charge in [0.2, 0.25) is 0 Å². The highest BCUT2D eigenvalue weighted by Crippen LogP contribution is 2.30. The molecule has 0 spiro atoms. The Morgan fingerprint density at radius 2 is 1.87 bits per heavy atom. The summed E-state index contributed by atoms with van der Waals surface area (Å²) in [6.07, 6.45) is 1.64. The SMILES string of the molecule is CCCC(=O)Oc1ccc2c(O)c(C(=O)CCC)c(=O)oc2c1. The van der Waals surface area contributed by atoms with Crippen molar-refractivity contribution in [3.63, 3.8) is 0 Å². The maximum atomic E-state index is 12.0. The maximum absolute atomic E-state index is 12.0. The monoisotopic (exact) mass is 318 g/mol. The molecule has 0 fully saturated rings. The van der Waals surface area contributed by atoms with Crippen LogP contribution in [0.25, 0.3) is 11.0 Å². The van der Waals surface area contributed by atoms with Crippen LogP contribution in [-0.2, 0) is 4.79 Å². The number of carbonyl (C=O) groups excluding carboxylic acids is 2. The Hall–Kier alpha value is -2.63. The molecule has 6 heteroatoms. The number of ketones is 1. The average molecular weight is 318 g/mol. The van der Waals surface area contributed by atoms with Crippen molar-refractivity contribution in [3.05, 3.63) is 34.2 Å². The van der Waals surface area contributed by atoms with Crippen LogP contribution in [0.2, 0.25) is 0 Å². The normalized spacial score (nSPS) is 10.7. The standard InChI is InChI=1S/C17H18O6/c1-3-5-12(18)15-16(20)11-8-7-10(22-14(19)6-4-2)9-13(11)23-17(15)21/h7-9,20H,3-6H2,1-2H3. The molecule has 0 atom stereocenters. The first-order valence-corrected chi connectivity index (χ1v) is 7.51. The molecule has 0 saturated heterocycles. The minimum Gasteiger partial charge on any atom is -0.506 e. The molecule has 0 unspecified atom stereocenters. The summed E-state index contributed by atoms with van der Waals surface area (Å²) in [5.41, 5.74) is -1.18. The van der Waals surface area contributed by atoms with Crippen LogP contribution >= 0.6 is 0 Å². The first kappa shape index (κ1) is 16.7. The van der Waals surface area contributed by atoms with Crippen molar-refractivity contribution < 1.29 is 23.8 Å². The van der Waals surface area contributed by atoms with E-state index in [1.807, 2.05) is 6.92 Å². The lowest BCUT2D eigenvalue weighted by atomic mass is 10.1. The number of ether oxygens (including phenoxy) is 1. The Bertz CT molecular complexity index is 803. The van der Waals surface area contributed by atoms with Crippen LogP contribution in [0.3, 0.4) is 0 Å². The molecule has 6 nitrogen and oxygen atoms in total. The molecule has 23 heavy (non-hydrogen) atoms. The molecule has 1 N–H and O–H groups in total. The molecule has 1 aromatic heterocycles. The molecule has 0 saturated carbocycles. The van der Waals surface area contributed by atoms with E-state index in [0.717, 1.165) is 0 Å². The number of hydrogen-bond acceptors (Lipinski definition) is 6. The summed E-state index contributed by atoms with van der Waals surface area (Å²) in [7, 11) is 0. The highest BCUT2D eigenvalue weighted by atomic mass is 16.5. The number of rotatable bonds is 6. The van der Waals surface area contributed by atoms with Crippen LogP contribution in [-0.4, -0.2) is 16.9 Å². The van der Waals surface area contributed by atoms with E-state index in [4.69, 9.17) is 9.15 Å². The van der Waals surface area contributed by atoms with Gasteiger partial charge in [-0.05, 0) is 25.0 Å². The fraction of sp³-hybridized carbons (Fsp3) is 0.353. The smallest absolute Gasteiger partial charge is 0.351 e. The molecular formula is C17H18O6. The van der Waals surface area contributed by atoms with Crippen LogP contribution in [0.1, 0.15) is 49.9 Å². The second kappa shape index (κ2) is 7.09. The number of fused-ring (bicyclic) bond motifs is 1. The highest BCUT2D eigenvalue weighted by Gasteiger charge is 2.20. The van der Waals surface area contributed by atoms with Crippen molar-refractivity contribution in [1.82, 2.24) is 0 Å². The summed E-state index contributed by atoms with van der Waals surface area (Å²) in [6, 6.07) is 4.27. The quantitative estimate of drug-likeness (QED) is 0.380. The first-order chi connectivity index (χ1) is 11.0. The molecule has 0 radical (unpaired) electrons. The second-order valence-electron chi connectivity index (χ2n) is 5.17. The van der Waals surface area contributed by atoms with Crippen molar-refractivity contribution in [3.8, 4) is 11.5 Å². The van der Waals surface area contributed by atoms with E-state index >= 15 is 0 Å². The molecule has 122 valence electrons. The maximum Gasteiger partial charge on any atom is 0.351 e. The number of hydrogen-bond donors (Lipinski definition) is 1. The molecule has 0 aliphatic heterocycles.